The highest BCUT2D eigenvalue weighted by Gasteiger charge is 2.44. The number of aromatic nitrogens is 2. The highest BCUT2D eigenvalue weighted by molar-refractivity contribution is 5.98. The molecule has 6 nitrogen and oxygen atoms in total. The van der Waals surface area contributed by atoms with Gasteiger partial charge < -0.3 is 4.74 Å². The number of carbonyl (C=O) groups excluding carboxylic acids is 1. The number of alkyl halides is 6. The van der Waals surface area contributed by atoms with Crippen molar-refractivity contribution in [2.45, 2.75) is 31.4 Å². The van der Waals surface area contributed by atoms with E-state index in [1.165, 1.54) is 19.2 Å². The van der Waals surface area contributed by atoms with Crippen LogP contribution in [0.1, 0.15) is 28.4 Å². The Balaban J connectivity index is 1.80. The Kier molecular flexibility index (Phi) is 6.07. The van der Waals surface area contributed by atoms with E-state index in [4.69, 9.17) is 4.74 Å². The van der Waals surface area contributed by atoms with Gasteiger partial charge in [-0.2, -0.15) is 26.3 Å². The molecule has 0 N–H and O–H groups in total. The maximum Gasteiger partial charge on any atom is 0.433 e. The summed E-state index contributed by atoms with van der Waals surface area (Å²) in [5.74, 6) is -0.931. The highest BCUT2D eigenvalue weighted by Crippen LogP contribution is 2.37. The molecule has 0 radical (unpaired) electrons. The van der Waals surface area contributed by atoms with Crippen molar-refractivity contribution in [3.63, 3.8) is 0 Å². The Labute approximate surface area is 194 Å². The predicted octanol–water partition coefficient (Wildman–Crippen LogP) is 4.62. The summed E-state index contributed by atoms with van der Waals surface area (Å²) in [7, 11) is 1.44. The molecule has 1 atom stereocenters. The van der Waals surface area contributed by atoms with Crippen molar-refractivity contribution in [3.8, 4) is 5.75 Å². The van der Waals surface area contributed by atoms with Gasteiger partial charge >= 0.3 is 12.4 Å². The van der Waals surface area contributed by atoms with Gasteiger partial charge in [0.2, 0.25) is 5.95 Å². The Hall–Kier alpha value is -3.83. The molecule has 0 bridgehead atoms. The molecule has 0 saturated heterocycles. The molecule has 1 aromatic heterocycles. The van der Waals surface area contributed by atoms with Crippen LogP contribution in [-0.4, -0.2) is 22.6 Å². The molecule has 0 saturated carbocycles. The number of hydrogen-bond donors (Lipinski definition) is 0. The monoisotopic (exact) mass is 497 g/mol. The molecule has 2 heterocycles. The normalized spacial score (nSPS) is 15.9. The quantitative estimate of drug-likeness (QED) is 0.483. The zero-order valence-electron chi connectivity index (χ0n) is 18.0. The first kappa shape index (κ1) is 24.3. The molecule has 0 fully saturated rings. The van der Waals surface area contributed by atoms with Crippen molar-refractivity contribution in [2.24, 2.45) is 0 Å². The topological polar surface area (TPSA) is 64.4 Å². The standard InChI is InChI=1S/C23H17F6N3O3/c1-35-15-8-6-13(7-9-15)12-31-20(34)17(10-14-4-2-3-5-16(14)22(24,25)26)32-19(33)11-18(23(27,28)29)30-21(31)32/h2-9,11,17H,10,12H2,1H3. The fraction of sp³-hybridized carbons (Fsp3) is 0.261. The van der Waals surface area contributed by atoms with Crippen LogP contribution in [0.15, 0.2) is 59.4 Å². The van der Waals surface area contributed by atoms with Crippen molar-refractivity contribution < 1.29 is 35.9 Å². The number of nitrogens with zero attached hydrogens (tertiary/aromatic N) is 3. The van der Waals surface area contributed by atoms with Crippen molar-refractivity contribution in [1.82, 2.24) is 9.55 Å². The molecule has 35 heavy (non-hydrogen) atoms. The number of anilines is 1. The lowest BCUT2D eigenvalue weighted by Crippen LogP contribution is -2.30. The Morgan fingerprint density at radius 3 is 2.20 bits per heavy atom. The third-order valence-corrected chi connectivity index (χ3v) is 5.56. The Morgan fingerprint density at radius 1 is 0.943 bits per heavy atom. The molecule has 2 aromatic carbocycles. The largest absolute Gasteiger partial charge is 0.497 e. The minimum atomic E-state index is -4.97. The van der Waals surface area contributed by atoms with E-state index >= 15 is 0 Å². The number of methoxy groups -OCH3 is 1. The smallest absolute Gasteiger partial charge is 0.433 e. The first-order valence-corrected chi connectivity index (χ1v) is 10.2. The Morgan fingerprint density at radius 2 is 1.60 bits per heavy atom. The number of ether oxygens (including phenoxy) is 1. The van der Waals surface area contributed by atoms with Gasteiger partial charge in [-0.15, -0.1) is 0 Å². The fourth-order valence-corrected chi connectivity index (χ4v) is 3.92. The summed E-state index contributed by atoms with van der Waals surface area (Å²) >= 11 is 0. The number of rotatable bonds is 5. The van der Waals surface area contributed by atoms with Crippen LogP contribution in [0, 0.1) is 0 Å². The third kappa shape index (κ3) is 4.73. The van der Waals surface area contributed by atoms with Crippen molar-refractivity contribution in [2.75, 3.05) is 12.0 Å². The summed E-state index contributed by atoms with van der Waals surface area (Å²) in [5.41, 5.74) is -3.49. The van der Waals surface area contributed by atoms with Gasteiger partial charge in [0.1, 0.15) is 11.8 Å². The van der Waals surface area contributed by atoms with Gasteiger partial charge in [0.05, 0.1) is 19.2 Å². The minimum absolute atomic E-state index is 0.232. The number of carbonyl (C=O) groups is 1. The van der Waals surface area contributed by atoms with Crippen LogP contribution in [0.4, 0.5) is 32.3 Å². The van der Waals surface area contributed by atoms with Crippen molar-refractivity contribution in [1.29, 1.82) is 0 Å². The van der Waals surface area contributed by atoms with E-state index in [0.29, 0.717) is 15.9 Å². The zero-order chi connectivity index (χ0) is 25.5. The fourth-order valence-electron chi connectivity index (χ4n) is 3.92. The SMILES string of the molecule is COc1ccc(CN2C(=O)C(Cc3ccccc3C(F)(F)F)n3c2nc(C(F)(F)F)cc3=O)cc1. The van der Waals surface area contributed by atoms with Crippen LogP contribution in [0.3, 0.4) is 0 Å². The van der Waals surface area contributed by atoms with Gasteiger partial charge in [-0.25, -0.2) is 4.98 Å². The molecule has 0 aliphatic carbocycles. The van der Waals surface area contributed by atoms with Gasteiger partial charge in [0, 0.05) is 12.5 Å². The van der Waals surface area contributed by atoms with Crippen LogP contribution in [0.25, 0.3) is 0 Å². The van der Waals surface area contributed by atoms with Gasteiger partial charge in [-0.1, -0.05) is 30.3 Å². The van der Waals surface area contributed by atoms with Gasteiger partial charge in [-0.3, -0.25) is 19.1 Å². The maximum absolute atomic E-state index is 13.5. The predicted molar refractivity (Wildman–Crippen MR) is 112 cm³/mol. The summed E-state index contributed by atoms with van der Waals surface area (Å²) in [6.07, 6.45) is -10.3. The second-order valence-corrected chi connectivity index (χ2v) is 7.79. The average Bonchev–Trinajstić information content (AvgIpc) is 3.05. The summed E-state index contributed by atoms with van der Waals surface area (Å²) in [6, 6.07) is 9.50. The third-order valence-electron chi connectivity index (χ3n) is 5.56. The first-order valence-electron chi connectivity index (χ1n) is 10.2. The number of fused-ring (bicyclic) bond motifs is 1. The van der Waals surface area contributed by atoms with E-state index < -0.39 is 53.5 Å². The lowest BCUT2D eigenvalue weighted by Gasteiger charge is -2.17. The van der Waals surface area contributed by atoms with E-state index in [1.807, 2.05) is 0 Å². The molecule has 0 spiro atoms. The molecule has 4 rings (SSSR count). The molecule has 184 valence electrons. The van der Waals surface area contributed by atoms with Gasteiger partial charge in [0.15, 0.2) is 5.69 Å². The summed E-state index contributed by atoms with van der Waals surface area (Å²) in [4.78, 5) is 30.4. The molecule has 3 aromatic rings. The van der Waals surface area contributed by atoms with E-state index in [2.05, 4.69) is 4.98 Å². The van der Waals surface area contributed by atoms with Crippen molar-refractivity contribution in [3.05, 3.63) is 87.3 Å². The number of benzene rings is 2. The van der Waals surface area contributed by atoms with Crippen LogP contribution < -0.4 is 15.2 Å². The summed E-state index contributed by atoms with van der Waals surface area (Å²) < 4.78 is 86.3. The summed E-state index contributed by atoms with van der Waals surface area (Å²) in [6.45, 7) is -0.256. The van der Waals surface area contributed by atoms with E-state index in [0.717, 1.165) is 17.0 Å². The van der Waals surface area contributed by atoms with Gasteiger partial charge in [-0.05, 0) is 29.3 Å². The van der Waals surface area contributed by atoms with E-state index in [1.54, 1.807) is 24.3 Å². The maximum atomic E-state index is 13.5. The lowest BCUT2D eigenvalue weighted by molar-refractivity contribution is -0.141. The van der Waals surface area contributed by atoms with E-state index in [9.17, 15) is 35.9 Å². The second-order valence-electron chi connectivity index (χ2n) is 7.79. The molecule has 1 amide bonds. The number of hydrogen-bond acceptors (Lipinski definition) is 4. The Bertz CT molecular complexity index is 1320. The first-order chi connectivity index (χ1) is 16.4. The highest BCUT2D eigenvalue weighted by atomic mass is 19.4. The summed E-state index contributed by atoms with van der Waals surface area (Å²) in [5, 5.41) is 0. The van der Waals surface area contributed by atoms with Crippen LogP contribution >= 0.6 is 0 Å². The molecular weight excluding hydrogens is 480 g/mol. The van der Waals surface area contributed by atoms with E-state index in [-0.39, 0.29) is 18.2 Å². The van der Waals surface area contributed by atoms with Crippen LogP contribution in [0.2, 0.25) is 0 Å². The number of amides is 1. The average molecular weight is 497 g/mol. The second kappa shape index (κ2) is 8.75. The van der Waals surface area contributed by atoms with Crippen molar-refractivity contribution >= 4 is 11.9 Å². The minimum Gasteiger partial charge on any atom is -0.497 e. The molecular formula is C23H17F6N3O3. The molecule has 1 aliphatic rings. The van der Waals surface area contributed by atoms with Crippen LogP contribution in [0.5, 0.6) is 5.75 Å². The lowest BCUT2D eigenvalue weighted by atomic mass is 9.99. The zero-order valence-corrected chi connectivity index (χ0v) is 18.0. The molecule has 1 unspecified atom stereocenters. The van der Waals surface area contributed by atoms with Crippen LogP contribution in [-0.2, 0) is 30.1 Å². The molecule has 1 aliphatic heterocycles. The number of halogens is 6. The van der Waals surface area contributed by atoms with Gasteiger partial charge in [0.25, 0.3) is 11.5 Å². The molecule has 12 heteroatoms.